The number of thiophene rings is 1. The molecule has 0 aliphatic carbocycles. The predicted molar refractivity (Wildman–Crippen MR) is 92.5 cm³/mol. The summed E-state index contributed by atoms with van der Waals surface area (Å²) in [6, 6.07) is 5.72. The number of nitrogens with zero attached hydrogens (tertiary/aromatic N) is 3. The van der Waals surface area contributed by atoms with Crippen LogP contribution in [-0.4, -0.2) is 26.6 Å². The van der Waals surface area contributed by atoms with Crippen LogP contribution in [0.25, 0.3) is 11.4 Å². The van der Waals surface area contributed by atoms with Crippen molar-refractivity contribution in [2.75, 3.05) is 11.9 Å². The van der Waals surface area contributed by atoms with Gasteiger partial charge in [-0.15, -0.1) is 0 Å². The molecule has 0 spiro atoms. The van der Waals surface area contributed by atoms with E-state index in [2.05, 4.69) is 20.3 Å². The Bertz CT molecular complexity index is 775. The van der Waals surface area contributed by atoms with E-state index in [1.54, 1.807) is 23.7 Å². The molecule has 0 aliphatic heterocycles. The lowest BCUT2D eigenvalue weighted by molar-refractivity contribution is 0.192. The molecule has 0 aromatic carbocycles. The Labute approximate surface area is 139 Å². The topological polar surface area (TPSA) is 70.9 Å². The number of pyridine rings is 1. The molecule has 3 aromatic rings. The molecule has 0 saturated carbocycles. The first-order valence-corrected chi connectivity index (χ1v) is 8.29. The molecule has 5 nitrogen and oxygen atoms in total. The molecule has 3 aromatic heterocycles. The zero-order valence-corrected chi connectivity index (χ0v) is 13.8. The molecule has 23 heavy (non-hydrogen) atoms. The van der Waals surface area contributed by atoms with Crippen LogP contribution in [0.5, 0.6) is 0 Å². The lowest BCUT2D eigenvalue weighted by Gasteiger charge is -2.15. The summed E-state index contributed by atoms with van der Waals surface area (Å²) in [5.41, 5.74) is 3.68. The summed E-state index contributed by atoms with van der Waals surface area (Å²) in [6.07, 6.45) is 2.91. The highest BCUT2D eigenvalue weighted by atomic mass is 32.1. The molecular formula is C17H18N4OS. The molecule has 3 rings (SSSR count). The number of aromatic nitrogens is 3. The minimum atomic E-state index is -0.558. The summed E-state index contributed by atoms with van der Waals surface area (Å²) in [6.45, 7) is 4.33. The minimum Gasteiger partial charge on any atom is -0.387 e. The van der Waals surface area contributed by atoms with E-state index in [1.807, 2.05) is 42.8 Å². The smallest absolute Gasteiger partial charge is 0.163 e. The fourth-order valence-electron chi connectivity index (χ4n) is 2.20. The zero-order chi connectivity index (χ0) is 16.2. The van der Waals surface area contributed by atoms with Crippen LogP contribution in [0.15, 0.2) is 41.4 Å². The summed E-state index contributed by atoms with van der Waals surface area (Å²) >= 11 is 1.57. The van der Waals surface area contributed by atoms with Crippen molar-refractivity contribution in [2.24, 2.45) is 0 Å². The van der Waals surface area contributed by atoms with E-state index >= 15 is 0 Å². The second-order valence-electron chi connectivity index (χ2n) is 5.30. The molecule has 118 valence electrons. The quantitative estimate of drug-likeness (QED) is 0.752. The number of anilines is 1. The van der Waals surface area contributed by atoms with Gasteiger partial charge >= 0.3 is 0 Å². The van der Waals surface area contributed by atoms with Gasteiger partial charge in [0.25, 0.3) is 0 Å². The Kier molecular flexibility index (Phi) is 4.64. The van der Waals surface area contributed by atoms with E-state index in [-0.39, 0.29) is 0 Å². The molecule has 0 bridgehead atoms. The fraction of sp³-hybridized carbons (Fsp3) is 0.235. The van der Waals surface area contributed by atoms with Crippen LogP contribution in [0.1, 0.15) is 22.9 Å². The average molecular weight is 326 g/mol. The van der Waals surface area contributed by atoms with Crippen LogP contribution >= 0.6 is 11.3 Å². The van der Waals surface area contributed by atoms with Crippen molar-refractivity contribution in [1.82, 2.24) is 15.0 Å². The minimum absolute atomic E-state index is 0.403. The number of nitrogens with one attached hydrogen (secondary N) is 1. The maximum Gasteiger partial charge on any atom is 0.163 e. The lowest BCUT2D eigenvalue weighted by Crippen LogP contribution is -2.14. The monoisotopic (exact) mass is 326 g/mol. The van der Waals surface area contributed by atoms with Crippen molar-refractivity contribution in [3.05, 3.63) is 58.2 Å². The Hall–Kier alpha value is -2.31. The van der Waals surface area contributed by atoms with Crippen molar-refractivity contribution in [1.29, 1.82) is 0 Å². The van der Waals surface area contributed by atoms with Crippen LogP contribution < -0.4 is 5.32 Å². The highest BCUT2D eigenvalue weighted by Crippen LogP contribution is 2.22. The Balaban J connectivity index is 1.82. The average Bonchev–Trinajstić information content (AvgIpc) is 3.11. The van der Waals surface area contributed by atoms with E-state index in [0.29, 0.717) is 12.4 Å². The molecule has 1 atom stereocenters. The summed E-state index contributed by atoms with van der Waals surface area (Å²) in [7, 11) is 0. The second kappa shape index (κ2) is 6.85. The second-order valence-corrected chi connectivity index (χ2v) is 6.08. The zero-order valence-electron chi connectivity index (χ0n) is 13.0. The maximum atomic E-state index is 10.2. The summed E-state index contributed by atoms with van der Waals surface area (Å²) in [5.74, 6) is 1.37. The molecule has 0 radical (unpaired) electrons. The van der Waals surface area contributed by atoms with E-state index in [0.717, 1.165) is 28.2 Å². The molecule has 0 saturated heterocycles. The van der Waals surface area contributed by atoms with Gasteiger partial charge in [0.2, 0.25) is 0 Å². The highest BCUT2D eigenvalue weighted by Gasteiger charge is 2.12. The van der Waals surface area contributed by atoms with Crippen molar-refractivity contribution >= 4 is 17.2 Å². The van der Waals surface area contributed by atoms with Gasteiger partial charge in [-0.05, 0) is 48.4 Å². The van der Waals surface area contributed by atoms with Gasteiger partial charge in [0.05, 0.1) is 6.10 Å². The van der Waals surface area contributed by atoms with E-state index in [9.17, 15) is 5.11 Å². The van der Waals surface area contributed by atoms with Gasteiger partial charge < -0.3 is 10.4 Å². The SMILES string of the molecule is Cc1nc(-c2cccnc2)nc(NC[C@@H](O)c2ccsc2)c1C. The Morgan fingerprint density at radius 2 is 2.13 bits per heavy atom. The van der Waals surface area contributed by atoms with Crippen LogP contribution in [-0.2, 0) is 0 Å². The highest BCUT2D eigenvalue weighted by molar-refractivity contribution is 7.07. The number of aliphatic hydroxyl groups excluding tert-OH is 1. The van der Waals surface area contributed by atoms with E-state index < -0.39 is 6.10 Å². The van der Waals surface area contributed by atoms with E-state index in [1.165, 1.54) is 0 Å². The summed E-state index contributed by atoms with van der Waals surface area (Å²) in [5, 5.41) is 17.4. The molecule has 3 heterocycles. The summed E-state index contributed by atoms with van der Waals surface area (Å²) < 4.78 is 0. The van der Waals surface area contributed by atoms with E-state index in [4.69, 9.17) is 0 Å². The van der Waals surface area contributed by atoms with Crippen molar-refractivity contribution in [2.45, 2.75) is 20.0 Å². The molecular weight excluding hydrogens is 308 g/mol. The van der Waals surface area contributed by atoms with Gasteiger partial charge in [-0.3, -0.25) is 4.98 Å². The maximum absolute atomic E-state index is 10.2. The molecule has 0 fully saturated rings. The van der Waals surface area contributed by atoms with Gasteiger partial charge in [0.15, 0.2) is 5.82 Å². The van der Waals surface area contributed by atoms with Gasteiger partial charge in [-0.25, -0.2) is 9.97 Å². The Morgan fingerprint density at radius 3 is 2.83 bits per heavy atom. The van der Waals surface area contributed by atoms with Crippen molar-refractivity contribution in [3.63, 3.8) is 0 Å². The van der Waals surface area contributed by atoms with Crippen LogP contribution in [0, 0.1) is 13.8 Å². The molecule has 2 N–H and O–H groups in total. The fourth-order valence-corrected chi connectivity index (χ4v) is 2.91. The van der Waals surface area contributed by atoms with Gasteiger partial charge in [-0.2, -0.15) is 11.3 Å². The third-order valence-electron chi connectivity index (χ3n) is 3.70. The van der Waals surface area contributed by atoms with Crippen molar-refractivity contribution < 1.29 is 5.11 Å². The first-order chi connectivity index (χ1) is 11.1. The molecule has 0 aliphatic rings. The number of hydrogen-bond acceptors (Lipinski definition) is 6. The van der Waals surface area contributed by atoms with Gasteiger partial charge in [0, 0.05) is 35.8 Å². The van der Waals surface area contributed by atoms with Gasteiger partial charge in [0.1, 0.15) is 5.82 Å². The van der Waals surface area contributed by atoms with Crippen LogP contribution in [0.2, 0.25) is 0 Å². The molecule has 0 unspecified atom stereocenters. The standard InChI is InChI=1S/C17H18N4OS/c1-11-12(2)20-17(13-4-3-6-18-8-13)21-16(11)19-9-15(22)14-5-7-23-10-14/h3-8,10,15,22H,9H2,1-2H3,(H,19,20,21)/t15-/m1/s1. The number of rotatable bonds is 5. The molecule has 6 heteroatoms. The summed E-state index contributed by atoms with van der Waals surface area (Å²) in [4.78, 5) is 13.2. The molecule has 0 amide bonds. The van der Waals surface area contributed by atoms with Gasteiger partial charge in [-0.1, -0.05) is 0 Å². The Morgan fingerprint density at radius 1 is 1.26 bits per heavy atom. The lowest BCUT2D eigenvalue weighted by atomic mass is 10.2. The largest absolute Gasteiger partial charge is 0.387 e. The first-order valence-electron chi connectivity index (χ1n) is 7.35. The van der Waals surface area contributed by atoms with Crippen molar-refractivity contribution in [3.8, 4) is 11.4 Å². The van der Waals surface area contributed by atoms with Crippen LogP contribution in [0.3, 0.4) is 0 Å². The third-order valence-corrected chi connectivity index (χ3v) is 4.40. The number of aliphatic hydroxyl groups is 1. The normalized spacial score (nSPS) is 12.1. The first kappa shape index (κ1) is 15.6. The predicted octanol–water partition coefficient (Wildman–Crippen LogP) is 3.36. The van der Waals surface area contributed by atoms with Crippen LogP contribution in [0.4, 0.5) is 5.82 Å². The number of aryl methyl sites for hydroxylation is 1. The number of hydrogen-bond donors (Lipinski definition) is 2. The third kappa shape index (κ3) is 3.55.